The molecule has 7 nitrogen and oxygen atoms in total. The number of nitrogens with one attached hydrogen (secondary N) is 1. The zero-order chi connectivity index (χ0) is 17.9. The summed E-state index contributed by atoms with van der Waals surface area (Å²) in [5.41, 5.74) is -1.68. The van der Waals surface area contributed by atoms with Gasteiger partial charge in [-0.25, -0.2) is 9.67 Å². The van der Waals surface area contributed by atoms with Crippen LogP contribution in [-0.4, -0.2) is 25.2 Å². The van der Waals surface area contributed by atoms with Crippen LogP contribution in [0.5, 0.6) is 0 Å². The second kappa shape index (κ2) is 6.85. The Morgan fingerprint density at radius 3 is 2.71 bits per heavy atom. The predicted octanol–water partition coefficient (Wildman–Crippen LogP) is 1.36. The lowest BCUT2D eigenvalue weighted by Crippen LogP contribution is -2.35. The van der Waals surface area contributed by atoms with Gasteiger partial charge in [-0.15, -0.1) is 0 Å². The molecule has 0 saturated carbocycles. The highest BCUT2D eigenvalue weighted by atomic mass is 19.4. The smallest absolute Gasteiger partial charge is 0.345 e. The number of carbonyl (C=O) groups is 1. The molecule has 1 amide bonds. The number of aryl methyl sites for hydroxylation is 1. The Morgan fingerprint density at radius 2 is 2.08 bits per heavy atom. The van der Waals surface area contributed by atoms with Crippen LogP contribution in [0.15, 0.2) is 29.5 Å². The van der Waals surface area contributed by atoms with Crippen LogP contribution in [-0.2, 0) is 24.1 Å². The number of amides is 1. The van der Waals surface area contributed by atoms with E-state index in [-0.39, 0.29) is 0 Å². The van der Waals surface area contributed by atoms with Gasteiger partial charge in [-0.05, 0) is 19.9 Å². The zero-order valence-electron chi connectivity index (χ0n) is 13.0. The molecule has 130 valence electrons. The molecule has 0 bridgehead atoms. The van der Waals surface area contributed by atoms with Crippen LogP contribution in [0.3, 0.4) is 0 Å². The van der Waals surface area contributed by atoms with Gasteiger partial charge < -0.3 is 9.88 Å². The lowest BCUT2D eigenvalue weighted by Gasteiger charge is -2.15. The first-order chi connectivity index (χ1) is 11.2. The maximum atomic E-state index is 12.7. The minimum atomic E-state index is -4.59. The van der Waals surface area contributed by atoms with E-state index in [2.05, 4.69) is 15.4 Å². The molecule has 10 heteroatoms. The molecule has 0 aliphatic rings. The fourth-order valence-corrected chi connectivity index (χ4v) is 2.18. The van der Waals surface area contributed by atoms with Crippen molar-refractivity contribution in [3.63, 3.8) is 0 Å². The lowest BCUT2D eigenvalue weighted by molar-refractivity contribution is -0.138. The van der Waals surface area contributed by atoms with Crippen molar-refractivity contribution in [2.45, 2.75) is 39.2 Å². The van der Waals surface area contributed by atoms with Gasteiger partial charge in [-0.2, -0.15) is 18.3 Å². The highest BCUT2D eigenvalue weighted by Gasteiger charge is 2.31. The molecule has 2 aromatic heterocycles. The summed E-state index contributed by atoms with van der Waals surface area (Å²) >= 11 is 0. The van der Waals surface area contributed by atoms with Gasteiger partial charge in [0.2, 0.25) is 5.91 Å². The molecule has 0 radical (unpaired) electrons. The molecule has 0 saturated heterocycles. The minimum Gasteiger partial charge on any atom is -0.345 e. The monoisotopic (exact) mass is 343 g/mol. The molecule has 2 rings (SSSR count). The first-order valence-electron chi connectivity index (χ1n) is 7.17. The van der Waals surface area contributed by atoms with Crippen molar-refractivity contribution in [1.29, 1.82) is 0 Å². The fourth-order valence-electron chi connectivity index (χ4n) is 2.18. The van der Waals surface area contributed by atoms with E-state index in [1.165, 1.54) is 6.33 Å². The quantitative estimate of drug-likeness (QED) is 0.889. The molecule has 0 aliphatic heterocycles. The summed E-state index contributed by atoms with van der Waals surface area (Å²) in [7, 11) is 0. The Hall–Kier alpha value is -2.65. The molecule has 2 heterocycles. The summed E-state index contributed by atoms with van der Waals surface area (Å²) in [4.78, 5) is 27.7. The Morgan fingerprint density at radius 1 is 1.38 bits per heavy atom. The van der Waals surface area contributed by atoms with Crippen LogP contribution in [0, 0.1) is 0 Å². The van der Waals surface area contributed by atoms with E-state index in [4.69, 9.17) is 0 Å². The van der Waals surface area contributed by atoms with Crippen molar-refractivity contribution in [2.24, 2.45) is 0 Å². The van der Waals surface area contributed by atoms with Gasteiger partial charge in [0.05, 0.1) is 11.6 Å². The van der Waals surface area contributed by atoms with Gasteiger partial charge in [0.1, 0.15) is 18.7 Å². The molecule has 2 aromatic rings. The summed E-state index contributed by atoms with van der Waals surface area (Å²) in [6, 6.07) is 0.970. The number of hydrogen-bond donors (Lipinski definition) is 1. The molecule has 24 heavy (non-hydrogen) atoms. The topological polar surface area (TPSA) is 81.8 Å². The van der Waals surface area contributed by atoms with Gasteiger partial charge in [0, 0.05) is 18.8 Å². The van der Waals surface area contributed by atoms with Gasteiger partial charge in [0.25, 0.3) is 5.56 Å². The summed E-state index contributed by atoms with van der Waals surface area (Å²) in [6.45, 7) is 3.56. The average molecular weight is 343 g/mol. The number of aromatic nitrogens is 4. The Kier molecular flexibility index (Phi) is 5.05. The SMILES string of the molecule is CCn1ncnc1[C@H](C)NC(=O)Cn1cc(C(F)(F)F)ccc1=O. The van der Waals surface area contributed by atoms with E-state index >= 15 is 0 Å². The molecule has 0 fully saturated rings. The first kappa shape index (κ1) is 17.7. The van der Waals surface area contributed by atoms with Crippen LogP contribution in [0.4, 0.5) is 13.2 Å². The molecule has 1 N–H and O–H groups in total. The van der Waals surface area contributed by atoms with Crippen molar-refractivity contribution in [3.8, 4) is 0 Å². The highest BCUT2D eigenvalue weighted by molar-refractivity contribution is 5.76. The summed E-state index contributed by atoms with van der Waals surface area (Å²) in [5, 5.41) is 6.56. The van der Waals surface area contributed by atoms with E-state index < -0.39 is 35.8 Å². The number of alkyl halides is 3. The van der Waals surface area contributed by atoms with Gasteiger partial charge in [-0.1, -0.05) is 0 Å². The van der Waals surface area contributed by atoms with Crippen molar-refractivity contribution in [1.82, 2.24) is 24.6 Å². The first-order valence-corrected chi connectivity index (χ1v) is 7.17. The Balaban J connectivity index is 2.11. The number of carbonyl (C=O) groups excluding carboxylic acids is 1. The number of pyridine rings is 1. The maximum absolute atomic E-state index is 12.7. The fraction of sp³-hybridized carbons (Fsp3) is 0.429. The van der Waals surface area contributed by atoms with E-state index in [1.54, 1.807) is 11.6 Å². The molecule has 0 aromatic carbocycles. The van der Waals surface area contributed by atoms with Crippen molar-refractivity contribution in [3.05, 3.63) is 46.4 Å². The normalized spacial score (nSPS) is 12.9. The molecular formula is C14H16F3N5O2. The largest absolute Gasteiger partial charge is 0.417 e. The van der Waals surface area contributed by atoms with Crippen LogP contribution in [0.25, 0.3) is 0 Å². The zero-order valence-corrected chi connectivity index (χ0v) is 13.0. The van der Waals surface area contributed by atoms with Gasteiger partial charge in [-0.3, -0.25) is 9.59 Å². The van der Waals surface area contributed by atoms with Crippen molar-refractivity contribution in [2.75, 3.05) is 0 Å². The number of rotatable bonds is 5. The minimum absolute atomic E-state index is 0.499. The van der Waals surface area contributed by atoms with E-state index in [0.29, 0.717) is 24.6 Å². The highest BCUT2D eigenvalue weighted by Crippen LogP contribution is 2.27. The third-order valence-corrected chi connectivity index (χ3v) is 3.33. The summed E-state index contributed by atoms with van der Waals surface area (Å²) < 4.78 is 40.3. The maximum Gasteiger partial charge on any atom is 0.417 e. The number of halogens is 3. The van der Waals surface area contributed by atoms with E-state index in [9.17, 15) is 22.8 Å². The standard InChI is InChI=1S/C14H16F3N5O2/c1-3-22-13(18-8-19-22)9(2)20-11(23)7-21-6-10(14(15,16)17)4-5-12(21)24/h4-6,8-9H,3,7H2,1-2H3,(H,20,23)/t9-/m0/s1. The number of hydrogen-bond acceptors (Lipinski definition) is 4. The van der Waals surface area contributed by atoms with Crippen LogP contribution in [0.2, 0.25) is 0 Å². The van der Waals surface area contributed by atoms with Crippen molar-refractivity contribution < 1.29 is 18.0 Å². The Labute approximate surface area is 135 Å². The predicted molar refractivity (Wildman–Crippen MR) is 78.0 cm³/mol. The molecule has 1 atom stereocenters. The average Bonchev–Trinajstić information content (AvgIpc) is 2.96. The molecular weight excluding hydrogens is 327 g/mol. The summed E-state index contributed by atoms with van der Waals surface area (Å²) in [6.07, 6.45) is -2.61. The van der Waals surface area contributed by atoms with E-state index in [1.807, 2.05) is 6.92 Å². The Bertz CT molecular complexity index is 781. The molecule has 0 aliphatic carbocycles. The van der Waals surface area contributed by atoms with Gasteiger partial charge >= 0.3 is 6.18 Å². The van der Waals surface area contributed by atoms with Crippen LogP contribution >= 0.6 is 0 Å². The second-order valence-corrected chi connectivity index (χ2v) is 5.10. The van der Waals surface area contributed by atoms with Crippen LogP contribution < -0.4 is 10.9 Å². The second-order valence-electron chi connectivity index (χ2n) is 5.10. The van der Waals surface area contributed by atoms with Gasteiger partial charge in [0.15, 0.2) is 0 Å². The number of nitrogens with zero attached hydrogens (tertiary/aromatic N) is 4. The third-order valence-electron chi connectivity index (χ3n) is 3.33. The van der Waals surface area contributed by atoms with Crippen LogP contribution in [0.1, 0.15) is 31.3 Å². The van der Waals surface area contributed by atoms with E-state index in [0.717, 1.165) is 10.6 Å². The molecule has 0 unspecified atom stereocenters. The molecule has 0 spiro atoms. The third kappa shape index (κ3) is 4.00. The summed E-state index contributed by atoms with van der Waals surface area (Å²) in [5.74, 6) is -0.0863. The lowest BCUT2D eigenvalue weighted by atomic mass is 10.2. The van der Waals surface area contributed by atoms with Crippen molar-refractivity contribution >= 4 is 5.91 Å².